The molecule has 2 N–H and O–H groups in total. The third-order valence-electron chi connectivity index (χ3n) is 3.57. The quantitative estimate of drug-likeness (QED) is 0.723. The number of benzene rings is 1. The molecule has 0 bridgehead atoms. The number of amides is 1. The Bertz CT molecular complexity index is 853. The third-order valence-corrected chi connectivity index (χ3v) is 3.91. The molecule has 3 rings (SSSR count). The predicted molar refractivity (Wildman–Crippen MR) is 91.1 cm³/mol. The summed E-state index contributed by atoms with van der Waals surface area (Å²) in [5.74, 6) is -0.185. The highest BCUT2D eigenvalue weighted by Gasteiger charge is 2.12. The fourth-order valence-electron chi connectivity index (χ4n) is 2.30. The van der Waals surface area contributed by atoms with Gasteiger partial charge >= 0.3 is 0 Å². The van der Waals surface area contributed by atoms with Gasteiger partial charge in [0.1, 0.15) is 4.64 Å². The minimum atomic E-state index is -0.185. The van der Waals surface area contributed by atoms with Crippen LogP contribution in [0.4, 0.5) is 0 Å². The molecule has 0 aliphatic rings. The number of aromatic nitrogens is 3. The minimum Gasteiger partial charge on any atom is -0.352 e. The van der Waals surface area contributed by atoms with Crippen LogP contribution in [0.2, 0.25) is 0 Å². The molecule has 0 radical (unpaired) electrons. The fourth-order valence-corrected chi connectivity index (χ4v) is 2.52. The molecule has 5 nitrogen and oxygen atoms in total. The lowest BCUT2D eigenvalue weighted by molar-refractivity contribution is 0.0939. The number of carbonyl (C=O) groups is 1. The molecule has 1 atom stereocenters. The Morgan fingerprint density at radius 2 is 2.04 bits per heavy atom. The summed E-state index contributed by atoms with van der Waals surface area (Å²) in [5.41, 5.74) is 2.46. The summed E-state index contributed by atoms with van der Waals surface area (Å²) in [6.07, 6.45) is 5.33. The van der Waals surface area contributed by atoms with Crippen molar-refractivity contribution >= 4 is 18.1 Å². The van der Waals surface area contributed by atoms with Crippen LogP contribution in [0.15, 0.2) is 61.1 Å². The van der Waals surface area contributed by atoms with Gasteiger partial charge in [0.25, 0.3) is 5.91 Å². The highest BCUT2D eigenvalue weighted by molar-refractivity contribution is 7.71. The fraction of sp³-hybridized carbons (Fsp3) is 0.118. The van der Waals surface area contributed by atoms with Gasteiger partial charge in [-0.2, -0.15) is 5.10 Å². The van der Waals surface area contributed by atoms with Crippen LogP contribution in [-0.4, -0.2) is 20.7 Å². The van der Waals surface area contributed by atoms with E-state index in [0.717, 1.165) is 11.3 Å². The molecule has 6 heteroatoms. The van der Waals surface area contributed by atoms with Crippen molar-refractivity contribution in [1.29, 1.82) is 0 Å². The number of nitrogens with one attached hydrogen (secondary N) is 2. The van der Waals surface area contributed by atoms with Crippen molar-refractivity contribution in [3.05, 3.63) is 76.8 Å². The molecule has 1 amide bonds. The number of nitrogens with zero attached hydrogens (tertiary/aromatic N) is 2. The molecule has 1 aromatic carbocycles. The van der Waals surface area contributed by atoms with E-state index in [2.05, 4.69) is 15.4 Å². The first-order chi connectivity index (χ1) is 11.1. The van der Waals surface area contributed by atoms with Gasteiger partial charge in [0, 0.05) is 18.6 Å². The lowest BCUT2D eigenvalue weighted by Crippen LogP contribution is -2.27. The van der Waals surface area contributed by atoms with Gasteiger partial charge in [-0.15, -0.1) is 0 Å². The van der Waals surface area contributed by atoms with Gasteiger partial charge in [-0.05, 0) is 42.8 Å². The molecule has 0 saturated carbocycles. The second kappa shape index (κ2) is 6.58. The van der Waals surface area contributed by atoms with E-state index in [1.165, 1.54) is 0 Å². The first-order valence-corrected chi connectivity index (χ1v) is 7.64. The Balaban J connectivity index is 1.73. The van der Waals surface area contributed by atoms with E-state index in [9.17, 15) is 4.79 Å². The second-order valence-corrected chi connectivity index (χ2v) is 5.56. The van der Waals surface area contributed by atoms with E-state index in [-0.39, 0.29) is 11.9 Å². The van der Waals surface area contributed by atoms with Crippen molar-refractivity contribution in [3.63, 3.8) is 0 Å². The molecule has 0 saturated heterocycles. The number of hydrogen-bond donors (Lipinski definition) is 2. The molecule has 2 aromatic heterocycles. The monoisotopic (exact) mass is 324 g/mol. The molecule has 116 valence electrons. The zero-order valence-corrected chi connectivity index (χ0v) is 13.4. The predicted octanol–water partition coefficient (Wildman–Crippen LogP) is 3.42. The van der Waals surface area contributed by atoms with Crippen LogP contribution >= 0.6 is 12.2 Å². The lowest BCUT2D eigenvalue weighted by atomic mass is 10.1. The summed E-state index contributed by atoms with van der Waals surface area (Å²) >= 11 is 5.13. The number of aromatic amines is 1. The van der Waals surface area contributed by atoms with Gasteiger partial charge in [0.2, 0.25) is 0 Å². The standard InChI is InChI=1S/C17H16N4OS/c1-12(20-16(22)15-4-2-9-18-17(15)23)13-5-7-14(8-6-13)21-11-3-10-19-21/h2-12H,1H3,(H,18,23)(H,20,22). The Morgan fingerprint density at radius 1 is 1.26 bits per heavy atom. The van der Waals surface area contributed by atoms with E-state index in [4.69, 9.17) is 12.2 Å². The molecule has 3 aromatic rings. The third kappa shape index (κ3) is 3.37. The van der Waals surface area contributed by atoms with Crippen molar-refractivity contribution in [2.75, 3.05) is 0 Å². The molecule has 0 aliphatic carbocycles. The largest absolute Gasteiger partial charge is 0.352 e. The van der Waals surface area contributed by atoms with Crippen molar-refractivity contribution in [2.24, 2.45) is 0 Å². The van der Waals surface area contributed by atoms with E-state index in [0.29, 0.717) is 10.2 Å². The van der Waals surface area contributed by atoms with Gasteiger partial charge in [0.05, 0.1) is 17.3 Å². The molecule has 23 heavy (non-hydrogen) atoms. The topological polar surface area (TPSA) is 62.7 Å². The number of pyridine rings is 1. The Hall–Kier alpha value is -2.73. The number of rotatable bonds is 4. The number of carbonyl (C=O) groups excluding carboxylic acids is 1. The lowest BCUT2D eigenvalue weighted by Gasteiger charge is -2.15. The van der Waals surface area contributed by atoms with Gasteiger partial charge in [-0.1, -0.05) is 24.4 Å². The molecule has 2 heterocycles. The summed E-state index contributed by atoms with van der Waals surface area (Å²) in [5, 5.41) is 7.15. The maximum absolute atomic E-state index is 12.3. The maximum atomic E-state index is 12.3. The molecule has 0 aliphatic heterocycles. The van der Waals surface area contributed by atoms with E-state index < -0.39 is 0 Å². The van der Waals surface area contributed by atoms with Crippen LogP contribution in [-0.2, 0) is 0 Å². The zero-order chi connectivity index (χ0) is 16.2. The highest BCUT2D eigenvalue weighted by Crippen LogP contribution is 2.16. The van der Waals surface area contributed by atoms with Gasteiger partial charge in [-0.25, -0.2) is 4.68 Å². The molecular formula is C17H16N4OS. The maximum Gasteiger partial charge on any atom is 0.254 e. The van der Waals surface area contributed by atoms with Gasteiger partial charge in [0.15, 0.2) is 0 Å². The average Bonchev–Trinajstić information content (AvgIpc) is 3.09. The van der Waals surface area contributed by atoms with Crippen molar-refractivity contribution in [1.82, 2.24) is 20.1 Å². The summed E-state index contributed by atoms with van der Waals surface area (Å²) < 4.78 is 2.22. The van der Waals surface area contributed by atoms with E-state index in [1.807, 2.05) is 43.5 Å². The first kappa shape index (κ1) is 15.2. The summed E-state index contributed by atoms with van der Waals surface area (Å²) in [6.45, 7) is 1.94. The smallest absolute Gasteiger partial charge is 0.254 e. The normalized spacial score (nSPS) is 11.9. The first-order valence-electron chi connectivity index (χ1n) is 7.24. The van der Waals surface area contributed by atoms with Crippen LogP contribution in [0.5, 0.6) is 0 Å². The van der Waals surface area contributed by atoms with Crippen molar-refractivity contribution < 1.29 is 4.79 Å². The van der Waals surface area contributed by atoms with Crippen molar-refractivity contribution in [3.8, 4) is 5.69 Å². The summed E-state index contributed by atoms with van der Waals surface area (Å²) in [7, 11) is 0. The minimum absolute atomic E-state index is 0.122. The van der Waals surface area contributed by atoms with Gasteiger partial charge in [-0.3, -0.25) is 4.79 Å². The molecular weight excluding hydrogens is 308 g/mol. The van der Waals surface area contributed by atoms with Crippen LogP contribution in [0, 0.1) is 4.64 Å². The van der Waals surface area contributed by atoms with Gasteiger partial charge < -0.3 is 10.3 Å². The Labute approximate surface area is 139 Å². The van der Waals surface area contributed by atoms with Crippen LogP contribution in [0.25, 0.3) is 5.69 Å². The highest BCUT2D eigenvalue weighted by atomic mass is 32.1. The van der Waals surface area contributed by atoms with E-state index in [1.54, 1.807) is 29.2 Å². The molecule has 0 spiro atoms. The molecule has 1 unspecified atom stereocenters. The van der Waals surface area contributed by atoms with Crippen LogP contribution in [0.3, 0.4) is 0 Å². The summed E-state index contributed by atoms with van der Waals surface area (Å²) in [6, 6.07) is 13.1. The Morgan fingerprint density at radius 3 is 2.70 bits per heavy atom. The average molecular weight is 324 g/mol. The van der Waals surface area contributed by atoms with Crippen molar-refractivity contribution in [2.45, 2.75) is 13.0 Å². The van der Waals surface area contributed by atoms with Crippen LogP contribution in [0.1, 0.15) is 28.9 Å². The molecule has 0 fully saturated rings. The number of hydrogen-bond acceptors (Lipinski definition) is 3. The number of H-pyrrole nitrogens is 1. The Kier molecular flexibility index (Phi) is 4.34. The van der Waals surface area contributed by atoms with E-state index >= 15 is 0 Å². The van der Waals surface area contributed by atoms with Crippen LogP contribution < -0.4 is 5.32 Å². The zero-order valence-electron chi connectivity index (χ0n) is 12.6. The summed E-state index contributed by atoms with van der Waals surface area (Å²) in [4.78, 5) is 15.2. The second-order valence-electron chi connectivity index (χ2n) is 5.15. The SMILES string of the molecule is CC(NC(=O)c1ccc[nH]c1=S)c1ccc(-n2cccn2)cc1.